The summed E-state index contributed by atoms with van der Waals surface area (Å²) in [5, 5.41) is 0. The monoisotopic (exact) mass is 302 g/mol. The normalized spacial score (nSPS) is 7.00. The van der Waals surface area contributed by atoms with E-state index in [1.807, 2.05) is 39.8 Å². The van der Waals surface area contributed by atoms with E-state index in [1.54, 1.807) is 19.1 Å². The number of carbonyl (C=O) groups is 2. The standard InChI is InChI=1S/C8H7BrO.C2H4O.2C2H6/c1-6(10)7-2-4-8(9)5-3-7;1-2-3;2*1-2/h2-5H,1H3;2H,1H3;2*1-2H3. The molecule has 1 rings (SSSR count). The Morgan fingerprint density at radius 3 is 1.59 bits per heavy atom. The summed E-state index contributed by atoms with van der Waals surface area (Å²) in [4.78, 5) is 19.5. The first-order valence-corrected chi connectivity index (χ1v) is 6.57. The largest absolute Gasteiger partial charge is 0.304 e. The van der Waals surface area contributed by atoms with Gasteiger partial charge in [0.05, 0.1) is 0 Å². The molecule has 0 spiro atoms. The summed E-state index contributed by atoms with van der Waals surface area (Å²) in [7, 11) is 0. The van der Waals surface area contributed by atoms with Gasteiger partial charge in [-0.05, 0) is 26.0 Å². The molecule has 0 unspecified atom stereocenters. The minimum absolute atomic E-state index is 0.104. The summed E-state index contributed by atoms with van der Waals surface area (Å²) in [5.74, 6) is 0.104. The second-order valence-electron chi connectivity index (χ2n) is 2.30. The van der Waals surface area contributed by atoms with Crippen molar-refractivity contribution in [2.75, 3.05) is 0 Å². The zero-order chi connectivity index (χ0) is 14.3. The van der Waals surface area contributed by atoms with Crippen molar-refractivity contribution in [2.24, 2.45) is 0 Å². The summed E-state index contributed by atoms with van der Waals surface area (Å²) >= 11 is 3.28. The van der Waals surface area contributed by atoms with Crippen LogP contribution in [-0.4, -0.2) is 12.1 Å². The number of carbonyl (C=O) groups excluding carboxylic acids is 2. The third-order valence-corrected chi connectivity index (χ3v) is 1.78. The van der Waals surface area contributed by atoms with Crippen molar-refractivity contribution in [3.05, 3.63) is 34.3 Å². The lowest BCUT2D eigenvalue weighted by Gasteiger charge is -1.92. The van der Waals surface area contributed by atoms with Gasteiger partial charge in [0, 0.05) is 10.0 Å². The molecule has 98 valence electrons. The minimum atomic E-state index is 0.104. The van der Waals surface area contributed by atoms with Crippen LogP contribution >= 0.6 is 15.9 Å². The number of Topliss-reactive ketones (excluding diaryl/α,β-unsaturated/α-hetero) is 1. The van der Waals surface area contributed by atoms with E-state index < -0.39 is 0 Å². The lowest BCUT2D eigenvalue weighted by Crippen LogP contribution is -1.89. The molecule has 3 heteroatoms. The second kappa shape index (κ2) is 17.4. The van der Waals surface area contributed by atoms with Gasteiger partial charge in [-0.1, -0.05) is 55.8 Å². The van der Waals surface area contributed by atoms with Crippen LogP contribution in [0.2, 0.25) is 0 Å². The zero-order valence-corrected chi connectivity index (χ0v) is 13.2. The maximum Gasteiger partial charge on any atom is 0.159 e. The molecule has 0 atom stereocenters. The van der Waals surface area contributed by atoms with Crippen LogP contribution in [0.3, 0.4) is 0 Å². The fraction of sp³-hybridized carbons (Fsp3) is 0.429. The van der Waals surface area contributed by atoms with E-state index in [9.17, 15) is 4.79 Å². The number of hydrogen-bond donors (Lipinski definition) is 0. The molecule has 0 aliphatic heterocycles. The van der Waals surface area contributed by atoms with Crippen LogP contribution in [0.4, 0.5) is 0 Å². The summed E-state index contributed by atoms with van der Waals surface area (Å²) in [6.07, 6.45) is 0.750. The Labute approximate surface area is 114 Å². The summed E-state index contributed by atoms with van der Waals surface area (Å²) < 4.78 is 0.998. The first kappa shape index (κ1) is 21.3. The SMILES string of the molecule is CC.CC.CC(=O)c1ccc(Br)cc1.CC=O. The summed E-state index contributed by atoms with van der Waals surface area (Å²) in [5.41, 5.74) is 0.753. The van der Waals surface area contributed by atoms with Gasteiger partial charge >= 0.3 is 0 Å². The Morgan fingerprint density at radius 2 is 1.35 bits per heavy atom. The van der Waals surface area contributed by atoms with Gasteiger partial charge in [-0.25, -0.2) is 0 Å². The predicted molar refractivity (Wildman–Crippen MR) is 78.6 cm³/mol. The molecule has 0 aromatic heterocycles. The molecule has 0 N–H and O–H groups in total. The van der Waals surface area contributed by atoms with E-state index in [4.69, 9.17) is 4.79 Å². The molecule has 0 heterocycles. The minimum Gasteiger partial charge on any atom is -0.304 e. The fourth-order valence-corrected chi connectivity index (χ4v) is 0.949. The Hall–Kier alpha value is -0.960. The van der Waals surface area contributed by atoms with Crippen LogP contribution in [-0.2, 0) is 4.79 Å². The van der Waals surface area contributed by atoms with Gasteiger partial charge in [-0.2, -0.15) is 0 Å². The Bertz CT molecular complexity index is 279. The predicted octanol–water partition coefficient (Wildman–Crippen LogP) is 4.91. The molecule has 0 aliphatic carbocycles. The Kier molecular flexibility index (Phi) is 21.9. The average Bonchev–Trinajstić information content (AvgIpc) is 2.36. The van der Waals surface area contributed by atoms with E-state index in [2.05, 4.69) is 15.9 Å². The molecule has 0 saturated carbocycles. The van der Waals surface area contributed by atoms with Crippen molar-refractivity contribution >= 4 is 28.0 Å². The highest BCUT2D eigenvalue weighted by Gasteiger charge is 1.95. The molecule has 1 aromatic carbocycles. The lowest BCUT2D eigenvalue weighted by atomic mass is 10.2. The molecule has 0 bridgehead atoms. The van der Waals surface area contributed by atoms with Crippen molar-refractivity contribution in [1.29, 1.82) is 0 Å². The van der Waals surface area contributed by atoms with Crippen molar-refractivity contribution in [3.63, 3.8) is 0 Å². The molecule has 0 fully saturated rings. The number of hydrogen-bond acceptors (Lipinski definition) is 2. The van der Waals surface area contributed by atoms with Crippen LogP contribution < -0.4 is 0 Å². The van der Waals surface area contributed by atoms with Gasteiger partial charge in [0.2, 0.25) is 0 Å². The third kappa shape index (κ3) is 15.0. The molecule has 0 amide bonds. The molecular formula is C14H23BrO2. The number of benzene rings is 1. The highest BCUT2D eigenvalue weighted by molar-refractivity contribution is 9.10. The second-order valence-corrected chi connectivity index (χ2v) is 3.21. The molecule has 0 radical (unpaired) electrons. The van der Waals surface area contributed by atoms with Crippen LogP contribution in [0, 0.1) is 0 Å². The van der Waals surface area contributed by atoms with Gasteiger partial charge < -0.3 is 4.79 Å². The Balaban J connectivity index is -0.000000239. The zero-order valence-electron chi connectivity index (χ0n) is 11.6. The quantitative estimate of drug-likeness (QED) is 0.545. The smallest absolute Gasteiger partial charge is 0.159 e. The Morgan fingerprint density at radius 1 is 1.06 bits per heavy atom. The molecule has 0 aliphatic rings. The van der Waals surface area contributed by atoms with Crippen molar-refractivity contribution in [3.8, 4) is 0 Å². The van der Waals surface area contributed by atoms with E-state index in [-0.39, 0.29) is 5.78 Å². The first-order chi connectivity index (χ1) is 8.11. The van der Waals surface area contributed by atoms with Crippen molar-refractivity contribution in [2.45, 2.75) is 41.5 Å². The van der Waals surface area contributed by atoms with Crippen molar-refractivity contribution < 1.29 is 9.59 Å². The van der Waals surface area contributed by atoms with Crippen LogP contribution in [0.25, 0.3) is 0 Å². The number of rotatable bonds is 1. The van der Waals surface area contributed by atoms with Crippen molar-refractivity contribution in [1.82, 2.24) is 0 Å². The van der Waals surface area contributed by atoms with Gasteiger partial charge in [0.25, 0.3) is 0 Å². The number of aldehydes is 1. The van der Waals surface area contributed by atoms with Crippen LogP contribution in [0.1, 0.15) is 51.9 Å². The molecule has 2 nitrogen and oxygen atoms in total. The fourth-order valence-electron chi connectivity index (χ4n) is 0.685. The van der Waals surface area contributed by atoms with E-state index in [1.165, 1.54) is 6.92 Å². The molecule has 17 heavy (non-hydrogen) atoms. The molecular weight excluding hydrogens is 280 g/mol. The number of ketones is 1. The highest BCUT2D eigenvalue weighted by atomic mass is 79.9. The highest BCUT2D eigenvalue weighted by Crippen LogP contribution is 2.10. The average molecular weight is 303 g/mol. The summed E-state index contributed by atoms with van der Waals surface area (Å²) in [6.45, 7) is 11.0. The number of halogens is 1. The van der Waals surface area contributed by atoms with Gasteiger partial charge in [0.1, 0.15) is 6.29 Å². The maximum absolute atomic E-state index is 10.7. The van der Waals surface area contributed by atoms with Crippen LogP contribution in [0.5, 0.6) is 0 Å². The lowest BCUT2D eigenvalue weighted by molar-refractivity contribution is -0.106. The van der Waals surface area contributed by atoms with Gasteiger partial charge in [-0.15, -0.1) is 0 Å². The van der Waals surface area contributed by atoms with Crippen LogP contribution in [0.15, 0.2) is 28.7 Å². The topological polar surface area (TPSA) is 34.1 Å². The van der Waals surface area contributed by atoms with E-state index >= 15 is 0 Å². The van der Waals surface area contributed by atoms with E-state index in [0.717, 1.165) is 16.3 Å². The van der Waals surface area contributed by atoms with E-state index in [0.29, 0.717) is 0 Å². The maximum atomic E-state index is 10.7. The van der Waals surface area contributed by atoms with Gasteiger partial charge in [-0.3, -0.25) is 4.79 Å². The third-order valence-electron chi connectivity index (χ3n) is 1.25. The first-order valence-electron chi connectivity index (χ1n) is 5.78. The van der Waals surface area contributed by atoms with Gasteiger partial charge in [0.15, 0.2) is 5.78 Å². The summed E-state index contributed by atoms with van der Waals surface area (Å²) in [6, 6.07) is 7.31. The molecule has 0 saturated heterocycles. The molecule has 1 aromatic rings.